The number of aryl methyl sites for hydroxylation is 2. The molecule has 1 aliphatic rings. The van der Waals surface area contributed by atoms with Gasteiger partial charge in [0.2, 0.25) is 5.91 Å². The van der Waals surface area contributed by atoms with Crippen molar-refractivity contribution in [3.8, 4) is 0 Å². The first-order valence-electron chi connectivity index (χ1n) is 9.82. The van der Waals surface area contributed by atoms with Gasteiger partial charge in [-0.25, -0.2) is 4.79 Å². The number of nitrogens with zero attached hydrogens (tertiary/aromatic N) is 1. The number of esters is 1. The highest BCUT2D eigenvalue weighted by atomic mass is 32.2. The van der Waals surface area contributed by atoms with Gasteiger partial charge in [0.15, 0.2) is 0 Å². The van der Waals surface area contributed by atoms with Gasteiger partial charge < -0.3 is 14.6 Å². The molecule has 7 heteroatoms. The van der Waals surface area contributed by atoms with Crippen molar-refractivity contribution in [2.24, 2.45) is 7.05 Å². The summed E-state index contributed by atoms with van der Waals surface area (Å²) in [5.74, 6) is -0.440. The normalized spacial score (nSPS) is 14.0. The molecule has 0 aliphatic heterocycles. The number of fused-ring (bicyclic) bond motifs is 2. The van der Waals surface area contributed by atoms with Gasteiger partial charge in [0, 0.05) is 33.9 Å². The van der Waals surface area contributed by atoms with Crippen LogP contribution in [0.15, 0.2) is 35.4 Å². The van der Waals surface area contributed by atoms with Crippen molar-refractivity contribution in [3.05, 3.63) is 46.5 Å². The standard InChI is InChI=1S/C22H24N2O3S2/c1-4-27-22(26)19-15-9-7-11-17(15)29-21(19)23-20(25)13(2)28-18-12-24(3)16-10-6-5-8-14(16)18/h5-6,8,10,12-13H,4,7,9,11H2,1-3H3,(H,23,25)/t13-/m0/s1. The number of amides is 1. The lowest BCUT2D eigenvalue weighted by atomic mass is 10.1. The van der Waals surface area contributed by atoms with Crippen LogP contribution in [-0.4, -0.2) is 28.3 Å². The number of anilines is 1. The maximum absolute atomic E-state index is 12.9. The minimum Gasteiger partial charge on any atom is -0.462 e. The number of nitrogens with one attached hydrogen (secondary N) is 1. The van der Waals surface area contributed by atoms with Crippen LogP contribution in [0.25, 0.3) is 10.9 Å². The van der Waals surface area contributed by atoms with Crippen LogP contribution < -0.4 is 5.32 Å². The number of ether oxygens (including phenoxy) is 1. The average molecular weight is 429 g/mol. The van der Waals surface area contributed by atoms with Gasteiger partial charge >= 0.3 is 5.97 Å². The monoisotopic (exact) mass is 428 g/mol. The molecule has 0 saturated carbocycles. The van der Waals surface area contributed by atoms with Crippen LogP contribution in [-0.2, 0) is 29.4 Å². The van der Waals surface area contributed by atoms with E-state index in [1.165, 1.54) is 28.0 Å². The smallest absolute Gasteiger partial charge is 0.341 e. The summed E-state index contributed by atoms with van der Waals surface area (Å²) in [6, 6.07) is 8.17. The molecule has 3 aromatic rings. The molecule has 0 unspecified atom stereocenters. The largest absolute Gasteiger partial charge is 0.462 e. The first-order valence-corrected chi connectivity index (χ1v) is 11.5. The first-order chi connectivity index (χ1) is 14.0. The highest BCUT2D eigenvalue weighted by molar-refractivity contribution is 8.00. The Balaban J connectivity index is 1.54. The van der Waals surface area contributed by atoms with E-state index in [2.05, 4.69) is 28.2 Å². The number of rotatable bonds is 6. The molecule has 1 aromatic carbocycles. The van der Waals surface area contributed by atoms with E-state index < -0.39 is 0 Å². The third kappa shape index (κ3) is 3.81. The van der Waals surface area contributed by atoms with E-state index in [-0.39, 0.29) is 17.1 Å². The quantitative estimate of drug-likeness (QED) is 0.442. The summed E-state index contributed by atoms with van der Waals surface area (Å²) in [5, 5.41) is 4.48. The minimum absolute atomic E-state index is 0.103. The summed E-state index contributed by atoms with van der Waals surface area (Å²) in [4.78, 5) is 27.7. The number of hydrogen-bond donors (Lipinski definition) is 1. The Morgan fingerprint density at radius 3 is 2.90 bits per heavy atom. The molecule has 0 spiro atoms. The molecule has 2 heterocycles. The molecule has 4 rings (SSSR count). The fourth-order valence-electron chi connectivity index (χ4n) is 3.77. The van der Waals surface area contributed by atoms with Crippen LogP contribution in [0.4, 0.5) is 5.00 Å². The van der Waals surface area contributed by atoms with Gasteiger partial charge in [-0.05, 0) is 44.7 Å². The molecular formula is C22H24N2O3S2. The Hall–Kier alpha value is -2.25. The lowest BCUT2D eigenvalue weighted by molar-refractivity contribution is -0.115. The Morgan fingerprint density at radius 1 is 1.31 bits per heavy atom. The number of para-hydroxylation sites is 1. The van der Waals surface area contributed by atoms with Crippen molar-refractivity contribution in [3.63, 3.8) is 0 Å². The molecule has 1 N–H and O–H groups in total. The molecule has 5 nitrogen and oxygen atoms in total. The van der Waals surface area contributed by atoms with E-state index in [4.69, 9.17) is 4.74 Å². The number of carbonyl (C=O) groups is 2. The Bertz CT molecular complexity index is 1080. The molecule has 152 valence electrons. The van der Waals surface area contributed by atoms with E-state index in [1.807, 2.05) is 26.1 Å². The molecule has 1 atom stereocenters. The van der Waals surface area contributed by atoms with Gasteiger partial charge in [-0.3, -0.25) is 4.79 Å². The second-order valence-corrected chi connectivity index (χ2v) is 9.64. The number of thioether (sulfide) groups is 1. The van der Waals surface area contributed by atoms with Crippen molar-refractivity contribution in [1.29, 1.82) is 0 Å². The Labute approximate surface area is 178 Å². The molecule has 0 fully saturated rings. The highest BCUT2D eigenvalue weighted by Gasteiger charge is 2.29. The van der Waals surface area contributed by atoms with Crippen LogP contribution in [0, 0.1) is 0 Å². The van der Waals surface area contributed by atoms with Gasteiger partial charge in [0.1, 0.15) is 5.00 Å². The lowest BCUT2D eigenvalue weighted by Crippen LogP contribution is -2.23. The van der Waals surface area contributed by atoms with Crippen LogP contribution in [0.3, 0.4) is 0 Å². The summed E-state index contributed by atoms with van der Waals surface area (Å²) in [5.41, 5.74) is 2.75. The zero-order chi connectivity index (χ0) is 20.5. The molecule has 2 aromatic heterocycles. The van der Waals surface area contributed by atoms with Gasteiger partial charge in [0.05, 0.1) is 17.4 Å². The summed E-state index contributed by atoms with van der Waals surface area (Å²) in [6.07, 6.45) is 4.94. The van der Waals surface area contributed by atoms with Crippen LogP contribution in [0.2, 0.25) is 0 Å². The van der Waals surface area contributed by atoms with Crippen LogP contribution in [0.1, 0.15) is 41.1 Å². The fourth-order valence-corrected chi connectivity index (χ4v) is 6.11. The maximum Gasteiger partial charge on any atom is 0.341 e. The second-order valence-electron chi connectivity index (χ2n) is 7.15. The maximum atomic E-state index is 12.9. The van der Waals surface area contributed by atoms with E-state index in [0.717, 1.165) is 40.6 Å². The summed E-state index contributed by atoms with van der Waals surface area (Å²) in [6.45, 7) is 4.02. The third-order valence-electron chi connectivity index (χ3n) is 5.17. The topological polar surface area (TPSA) is 60.3 Å². The Kier molecular flexibility index (Phi) is 5.69. The van der Waals surface area contributed by atoms with Crippen LogP contribution >= 0.6 is 23.1 Å². The highest BCUT2D eigenvalue weighted by Crippen LogP contribution is 2.40. The number of benzene rings is 1. The number of hydrogen-bond acceptors (Lipinski definition) is 5. The first kappa shape index (κ1) is 20.0. The zero-order valence-corrected chi connectivity index (χ0v) is 18.4. The fraction of sp³-hybridized carbons (Fsp3) is 0.364. The predicted octanol–water partition coefficient (Wildman–Crippen LogP) is 5.02. The number of aromatic nitrogens is 1. The summed E-state index contributed by atoms with van der Waals surface area (Å²) >= 11 is 3.05. The predicted molar refractivity (Wildman–Crippen MR) is 119 cm³/mol. The third-order valence-corrected chi connectivity index (χ3v) is 7.53. The van der Waals surface area contributed by atoms with Crippen molar-refractivity contribution in [2.45, 2.75) is 43.3 Å². The van der Waals surface area contributed by atoms with E-state index in [0.29, 0.717) is 17.2 Å². The second kappa shape index (κ2) is 8.24. The SMILES string of the molecule is CCOC(=O)c1c(NC(=O)[C@H](C)Sc2cn(C)c3ccccc23)sc2c1CCC2. The zero-order valence-electron chi connectivity index (χ0n) is 16.8. The van der Waals surface area contributed by atoms with Crippen molar-refractivity contribution in [2.75, 3.05) is 11.9 Å². The Morgan fingerprint density at radius 2 is 2.10 bits per heavy atom. The number of carbonyl (C=O) groups excluding carboxylic acids is 2. The molecule has 1 aliphatic carbocycles. The van der Waals surface area contributed by atoms with Gasteiger partial charge in [-0.1, -0.05) is 18.2 Å². The molecule has 1 amide bonds. The van der Waals surface area contributed by atoms with E-state index >= 15 is 0 Å². The minimum atomic E-state index is -0.337. The van der Waals surface area contributed by atoms with Gasteiger partial charge in [0.25, 0.3) is 0 Å². The van der Waals surface area contributed by atoms with Crippen molar-refractivity contribution in [1.82, 2.24) is 4.57 Å². The number of thiophene rings is 1. The van der Waals surface area contributed by atoms with E-state index in [9.17, 15) is 9.59 Å². The van der Waals surface area contributed by atoms with Gasteiger partial charge in [-0.2, -0.15) is 0 Å². The van der Waals surface area contributed by atoms with Crippen molar-refractivity contribution < 1.29 is 14.3 Å². The lowest BCUT2D eigenvalue weighted by Gasteiger charge is -2.12. The van der Waals surface area contributed by atoms with Gasteiger partial charge in [-0.15, -0.1) is 23.1 Å². The molecule has 0 bridgehead atoms. The molecular weight excluding hydrogens is 404 g/mol. The molecule has 29 heavy (non-hydrogen) atoms. The summed E-state index contributed by atoms with van der Waals surface area (Å²) in [7, 11) is 2.01. The van der Waals surface area contributed by atoms with Crippen molar-refractivity contribution >= 4 is 50.9 Å². The molecule has 0 saturated heterocycles. The molecule has 0 radical (unpaired) electrons. The van der Waals surface area contributed by atoms with E-state index in [1.54, 1.807) is 6.92 Å². The summed E-state index contributed by atoms with van der Waals surface area (Å²) < 4.78 is 7.32. The van der Waals surface area contributed by atoms with Crippen LogP contribution in [0.5, 0.6) is 0 Å². The average Bonchev–Trinajstić information content (AvgIpc) is 3.36.